The second-order valence-electron chi connectivity index (χ2n) is 4.47. The lowest BCUT2D eigenvalue weighted by molar-refractivity contribution is 0.489. The van der Waals surface area contributed by atoms with Gasteiger partial charge in [0, 0.05) is 32.9 Å². The van der Waals surface area contributed by atoms with E-state index in [1.165, 1.54) is 5.69 Å². The first-order chi connectivity index (χ1) is 8.70. The van der Waals surface area contributed by atoms with Gasteiger partial charge < -0.3 is 5.32 Å². The van der Waals surface area contributed by atoms with Gasteiger partial charge in [0.05, 0.1) is 17.4 Å². The molecule has 0 spiro atoms. The van der Waals surface area contributed by atoms with Crippen LogP contribution in [0.1, 0.15) is 30.8 Å². The zero-order valence-corrected chi connectivity index (χ0v) is 11.2. The van der Waals surface area contributed by atoms with Crippen molar-refractivity contribution in [3.8, 4) is 0 Å². The zero-order valence-electron chi connectivity index (χ0n) is 11.2. The van der Waals surface area contributed by atoms with Crippen molar-refractivity contribution in [2.24, 2.45) is 14.1 Å². The molecule has 0 radical (unpaired) electrons. The molecule has 0 amide bonds. The highest BCUT2D eigenvalue weighted by Crippen LogP contribution is 2.16. The highest BCUT2D eigenvalue weighted by Gasteiger charge is 2.16. The van der Waals surface area contributed by atoms with Gasteiger partial charge in [0.25, 0.3) is 0 Å². The molecule has 2 heterocycles. The Morgan fingerprint density at radius 3 is 2.78 bits per heavy atom. The molecule has 18 heavy (non-hydrogen) atoms. The van der Waals surface area contributed by atoms with Crippen molar-refractivity contribution in [1.82, 2.24) is 30.1 Å². The largest absolute Gasteiger partial charge is 0.308 e. The van der Waals surface area contributed by atoms with Crippen molar-refractivity contribution >= 4 is 0 Å². The Morgan fingerprint density at radius 1 is 1.39 bits per heavy atom. The lowest BCUT2D eigenvalue weighted by atomic mass is 10.1. The molecule has 0 aromatic carbocycles. The van der Waals surface area contributed by atoms with E-state index in [-0.39, 0.29) is 6.04 Å². The Balaban J connectivity index is 2.12. The van der Waals surface area contributed by atoms with E-state index in [1.807, 2.05) is 37.2 Å². The predicted octanol–water partition coefficient (Wildman–Crippen LogP) is 0.832. The molecule has 1 atom stereocenters. The average Bonchev–Trinajstić information content (AvgIpc) is 2.93. The number of nitrogens with zero attached hydrogens (tertiary/aromatic N) is 5. The van der Waals surface area contributed by atoms with Gasteiger partial charge in [-0.3, -0.25) is 9.36 Å². The van der Waals surface area contributed by atoms with E-state index in [0.29, 0.717) is 0 Å². The second kappa shape index (κ2) is 5.77. The SMILES string of the molecule is CCCNC(Cc1cn(C)nn1)c1ccnn1C. The molecule has 0 bridgehead atoms. The summed E-state index contributed by atoms with van der Waals surface area (Å²) in [5.74, 6) is 0. The number of rotatable bonds is 6. The minimum Gasteiger partial charge on any atom is -0.308 e. The summed E-state index contributed by atoms with van der Waals surface area (Å²) in [5.41, 5.74) is 2.17. The van der Waals surface area contributed by atoms with Crippen molar-refractivity contribution in [3.05, 3.63) is 29.8 Å². The summed E-state index contributed by atoms with van der Waals surface area (Å²) >= 11 is 0. The number of aromatic nitrogens is 5. The Labute approximate surface area is 107 Å². The van der Waals surface area contributed by atoms with Crippen molar-refractivity contribution in [2.45, 2.75) is 25.8 Å². The third-order valence-electron chi connectivity index (χ3n) is 2.92. The van der Waals surface area contributed by atoms with Crippen molar-refractivity contribution in [3.63, 3.8) is 0 Å². The fourth-order valence-corrected chi connectivity index (χ4v) is 2.02. The molecule has 0 fully saturated rings. The monoisotopic (exact) mass is 248 g/mol. The summed E-state index contributed by atoms with van der Waals surface area (Å²) in [7, 11) is 3.85. The summed E-state index contributed by atoms with van der Waals surface area (Å²) in [4.78, 5) is 0. The quantitative estimate of drug-likeness (QED) is 0.822. The Kier molecular flexibility index (Phi) is 4.09. The lowest BCUT2D eigenvalue weighted by Gasteiger charge is -2.17. The van der Waals surface area contributed by atoms with Crippen LogP contribution in [0, 0.1) is 0 Å². The average molecular weight is 248 g/mol. The number of hydrogen-bond donors (Lipinski definition) is 1. The van der Waals surface area contributed by atoms with Gasteiger partial charge in [0.2, 0.25) is 0 Å². The summed E-state index contributed by atoms with van der Waals surface area (Å²) in [5, 5.41) is 15.9. The van der Waals surface area contributed by atoms with E-state index >= 15 is 0 Å². The lowest BCUT2D eigenvalue weighted by Crippen LogP contribution is -2.26. The van der Waals surface area contributed by atoms with Gasteiger partial charge >= 0.3 is 0 Å². The first-order valence-electron chi connectivity index (χ1n) is 6.27. The van der Waals surface area contributed by atoms with Gasteiger partial charge in [-0.25, -0.2) is 0 Å². The third kappa shape index (κ3) is 2.95. The van der Waals surface area contributed by atoms with Crippen LogP contribution < -0.4 is 5.32 Å². The number of aryl methyl sites for hydroxylation is 2. The van der Waals surface area contributed by atoms with E-state index in [2.05, 4.69) is 27.7 Å². The van der Waals surface area contributed by atoms with Crippen LogP contribution in [0.2, 0.25) is 0 Å². The van der Waals surface area contributed by atoms with Crippen molar-refractivity contribution in [2.75, 3.05) is 6.54 Å². The Hall–Kier alpha value is -1.69. The van der Waals surface area contributed by atoms with E-state index in [1.54, 1.807) is 4.68 Å². The zero-order chi connectivity index (χ0) is 13.0. The molecule has 6 nitrogen and oxygen atoms in total. The molecule has 6 heteroatoms. The maximum absolute atomic E-state index is 4.23. The molecule has 2 aromatic rings. The molecule has 98 valence electrons. The Bertz CT molecular complexity index is 486. The molecule has 2 rings (SSSR count). The van der Waals surface area contributed by atoms with Crippen LogP contribution in [-0.4, -0.2) is 31.3 Å². The van der Waals surface area contributed by atoms with Crippen molar-refractivity contribution < 1.29 is 0 Å². The maximum Gasteiger partial charge on any atom is 0.0846 e. The molecule has 0 aliphatic heterocycles. The van der Waals surface area contributed by atoms with Gasteiger partial charge in [-0.2, -0.15) is 5.10 Å². The fraction of sp³-hybridized carbons (Fsp3) is 0.583. The topological polar surface area (TPSA) is 60.6 Å². The molecule has 2 aromatic heterocycles. The van der Waals surface area contributed by atoms with E-state index in [4.69, 9.17) is 0 Å². The molecule has 0 saturated heterocycles. The minimum atomic E-state index is 0.231. The van der Waals surface area contributed by atoms with Crippen LogP contribution in [0.5, 0.6) is 0 Å². The summed E-state index contributed by atoms with van der Waals surface area (Å²) in [6, 6.07) is 2.28. The molecule has 1 N–H and O–H groups in total. The first-order valence-corrected chi connectivity index (χ1v) is 6.27. The van der Waals surface area contributed by atoms with Crippen LogP contribution in [0.3, 0.4) is 0 Å². The van der Waals surface area contributed by atoms with Crippen molar-refractivity contribution in [1.29, 1.82) is 0 Å². The highest BCUT2D eigenvalue weighted by molar-refractivity contribution is 5.10. The van der Waals surface area contributed by atoms with Crippen LogP contribution >= 0.6 is 0 Å². The second-order valence-corrected chi connectivity index (χ2v) is 4.47. The molecule has 0 saturated carbocycles. The first kappa shape index (κ1) is 12.8. The number of nitrogens with one attached hydrogen (secondary N) is 1. The van der Waals surface area contributed by atoms with E-state index < -0.39 is 0 Å². The highest BCUT2D eigenvalue weighted by atomic mass is 15.4. The summed E-state index contributed by atoms with van der Waals surface area (Å²) in [6.45, 7) is 3.14. The number of hydrogen-bond acceptors (Lipinski definition) is 4. The minimum absolute atomic E-state index is 0.231. The summed E-state index contributed by atoms with van der Waals surface area (Å²) < 4.78 is 3.64. The predicted molar refractivity (Wildman–Crippen MR) is 68.9 cm³/mol. The smallest absolute Gasteiger partial charge is 0.0846 e. The maximum atomic E-state index is 4.23. The van der Waals surface area contributed by atoms with Gasteiger partial charge in [-0.1, -0.05) is 12.1 Å². The normalized spacial score (nSPS) is 12.8. The van der Waals surface area contributed by atoms with Gasteiger partial charge in [0.15, 0.2) is 0 Å². The Morgan fingerprint density at radius 2 is 2.22 bits per heavy atom. The van der Waals surface area contributed by atoms with Gasteiger partial charge in [-0.15, -0.1) is 5.10 Å². The van der Waals surface area contributed by atoms with Crippen LogP contribution in [0.4, 0.5) is 0 Å². The standard InChI is InChI=1S/C12H20N6/c1-4-6-13-11(12-5-7-14-18(12)3)8-10-9-17(2)16-15-10/h5,7,9,11,13H,4,6,8H2,1-3H3. The molecular weight excluding hydrogens is 228 g/mol. The van der Waals surface area contributed by atoms with Gasteiger partial charge in [-0.05, 0) is 19.0 Å². The van der Waals surface area contributed by atoms with Crippen LogP contribution in [0.15, 0.2) is 18.5 Å². The molecule has 0 aliphatic carbocycles. The van der Waals surface area contributed by atoms with E-state index in [9.17, 15) is 0 Å². The van der Waals surface area contributed by atoms with Gasteiger partial charge in [0.1, 0.15) is 0 Å². The van der Waals surface area contributed by atoms with E-state index in [0.717, 1.165) is 25.1 Å². The molecule has 0 aliphatic rings. The molecule has 1 unspecified atom stereocenters. The van der Waals surface area contributed by atoms with Crippen LogP contribution in [0.25, 0.3) is 0 Å². The van der Waals surface area contributed by atoms with Crippen LogP contribution in [-0.2, 0) is 20.5 Å². The third-order valence-corrected chi connectivity index (χ3v) is 2.92. The molecular formula is C12H20N6. The fourth-order valence-electron chi connectivity index (χ4n) is 2.02. The summed E-state index contributed by atoms with van der Waals surface area (Å²) in [6.07, 6.45) is 5.71.